The predicted molar refractivity (Wildman–Crippen MR) is 98.9 cm³/mol. The lowest BCUT2D eigenvalue weighted by Crippen LogP contribution is -2.45. The first-order chi connectivity index (χ1) is 12.1. The van der Waals surface area contributed by atoms with Crippen molar-refractivity contribution >= 4 is 16.7 Å². The van der Waals surface area contributed by atoms with Crippen LogP contribution in [-0.4, -0.2) is 55.8 Å². The number of nitrogens with one attached hydrogen (secondary N) is 1. The summed E-state index contributed by atoms with van der Waals surface area (Å²) in [5.41, 5.74) is 0. The number of fused-ring (bicyclic) bond motifs is 1. The number of amides is 1. The average molecular weight is 342 g/mol. The first-order valence-corrected chi connectivity index (χ1v) is 8.74. The van der Waals surface area contributed by atoms with Crippen LogP contribution in [0.25, 0.3) is 10.8 Å². The molecule has 2 atom stereocenters. The van der Waals surface area contributed by atoms with E-state index >= 15 is 0 Å². The van der Waals surface area contributed by atoms with Crippen LogP contribution >= 0.6 is 0 Å². The van der Waals surface area contributed by atoms with Crippen molar-refractivity contribution in [3.63, 3.8) is 0 Å². The Labute approximate surface area is 148 Å². The molecule has 1 heterocycles. The van der Waals surface area contributed by atoms with E-state index in [0.717, 1.165) is 23.9 Å². The summed E-state index contributed by atoms with van der Waals surface area (Å²) in [6, 6.07) is 14.4. The molecule has 5 nitrogen and oxygen atoms in total. The Morgan fingerprint density at radius 3 is 2.68 bits per heavy atom. The first-order valence-electron chi connectivity index (χ1n) is 8.74. The molecule has 1 aliphatic heterocycles. The van der Waals surface area contributed by atoms with E-state index in [0.29, 0.717) is 11.8 Å². The van der Waals surface area contributed by atoms with E-state index in [1.165, 1.54) is 0 Å². The third-order valence-electron chi connectivity index (χ3n) is 4.76. The second-order valence-electron chi connectivity index (χ2n) is 6.79. The third-order valence-corrected chi connectivity index (χ3v) is 4.76. The molecule has 0 bridgehead atoms. The topological polar surface area (TPSA) is 50.8 Å². The predicted octanol–water partition coefficient (Wildman–Crippen LogP) is 2.44. The standard InChI is InChI=1S/C20H26N2O3/c1-14(2)22-11-18(19(12-22)24-3)21-20(23)13-25-17-9-8-15-6-4-5-7-16(15)10-17/h4-10,14,18-19H,11-13H2,1-3H3,(H,21,23)/t18-,19-/m1/s1. The van der Waals surface area contributed by atoms with Crippen molar-refractivity contribution in [1.29, 1.82) is 0 Å². The Bertz CT molecular complexity index is 732. The molecule has 3 rings (SSSR count). The van der Waals surface area contributed by atoms with E-state index < -0.39 is 0 Å². The molecule has 0 unspecified atom stereocenters. The number of benzene rings is 2. The van der Waals surface area contributed by atoms with Gasteiger partial charge < -0.3 is 14.8 Å². The molecule has 0 saturated carbocycles. The molecule has 0 spiro atoms. The first kappa shape index (κ1) is 17.7. The summed E-state index contributed by atoms with van der Waals surface area (Å²) in [7, 11) is 1.69. The molecular formula is C20H26N2O3. The maximum atomic E-state index is 12.3. The van der Waals surface area contributed by atoms with Gasteiger partial charge in [-0.15, -0.1) is 0 Å². The van der Waals surface area contributed by atoms with E-state index in [1.54, 1.807) is 7.11 Å². The highest BCUT2D eigenvalue weighted by Gasteiger charge is 2.34. The van der Waals surface area contributed by atoms with Crippen LogP contribution < -0.4 is 10.1 Å². The van der Waals surface area contributed by atoms with Crippen LogP contribution in [0.4, 0.5) is 0 Å². The van der Waals surface area contributed by atoms with E-state index in [-0.39, 0.29) is 24.7 Å². The summed E-state index contributed by atoms with van der Waals surface area (Å²) < 4.78 is 11.2. The molecular weight excluding hydrogens is 316 g/mol. The molecule has 2 aromatic rings. The summed E-state index contributed by atoms with van der Waals surface area (Å²) in [5.74, 6) is 0.582. The quantitative estimate of drug-likeness (QED) is 0.876. The van der Waals surface area contributed by atoms with Gasteiger partial charge in [0.25, 0.3) is 5.91 Å². The van der Waals surface area contributed by atoms with Gasteiger partial charge >= 0.3 is 0 Å². The van der Waals surface area contributed by atoms with Crippen molar-refractivity contribution < 1.29 is 14.3 Å². The summed E-state index contributed by atoms with van der Waals surface area (Å²) >= 11 is 0. The van der Waals surface area contributed by atoms with Gasteiger partial charge in [-0.3, -0.25) is 9.69 Å². The van der Waals surface area contributed by atoms with Crippen molar-refractivity contribution in [2.45, 2.75) is 32.0 Å². The number of methoxy groups -OCH3 is 1. The second-order valence-corrected chi connectivity index (χ2v) is 6.79. The number of ether oxygens (including phenoxy) is 2. The summed E-state index contributed by atoms with van der Waals surface area (Å²) in [4.78, 5) is 14.6. The van der Waals surface area contributed by atoms with Crippen LogP contribution in [0.5, 0.6) is 5.75 Å². The smallest absolute Gasteiger partial charge is 0.258 e. The lowest BCUT2D eigenvalue weighted by Gasteiger charge is -2.20. The molecule has 0 radical (unpaired) electrons. The lowest BCUT2D eigenvalue weighted by atomic mass is 10.1. The minimum absolute atomic E-state index is 0.0000958. The zero-order valence-electron chi connectivity index (χ0n) is 15.1. The van der Waals surface area contributed by atoms with Gasteiger partial charge in [-0.25, -0.2) is 0 Å². The van der Waals surface area contributed by atoms with Gasteiger partial charge in [0.15, 0.2) is 6.61 Å². The molecule has 25 heavy (non-hydrogen) atoms. The van der Waals surface area contributed by atoms with Crippen molar-refractivity contribution in [2.75, 3.05) is 26.8 Å². The van der Waals surface area contributed by atoms with Gasteiger partial charge in [0.2, 0.25) is 0 Å². The second kappa shape index (κ2) is 7.85. The molecule has 5 heteroatoms. The number of nitrogens with zero attached hydrogens (tertiary/aromatic N) is 1. The molecule has 1 N–H and O–H groups in total. The molecule has 0 aromatic heterocycles. The van der Waals surface area contributed by atoms with Crippen LogP contribution in [0.15, 0.2) is 42.5 Å². The number of likely N-dealkylation sites (tertiary alicyclic amines) is 1. The average Bonchev–Trinajstić information content (AvgIpc) is 3.03. The monoisotopic (exact) mass is 342 g/mol. The van der Waals surface area contributed by atoms with E-state index in [2.05, 4.69) is 30.1 Å². The fraction of sp³-hybridized carbons (Fsp3) is 0.450. The Hall–Kier alpha value is -2.11. The third kappa shape index (κ3) is 4.30. The molecule has 0 aliphatic carbocycles. The van der Waals surface area contributed by atoms with E-state index in [4.69, 9.17) is 9.47 Å². The summed E-state index contributed by atoms with van der Waals surface area (Å²) in [6.45, 7) is 5.95. The van der Waals surface area contributed by atoms with Gasteiger partial charge in [0.1, 0.15) is 5.75 Å². The maximum Gasteiger partial charge on any atom is 0.258 e. The van der Waals surface area contributed by atoms with Crippen LogP contribution in [0.3, 0.4) is 0 Å². The molecule has 1 saturated heterocycles. The lowest BCUT2D eigenvalue weighted by molar-refractivity contribution is -0.124. The van der Waals surface area contributed by atoms with Crippen molar-refractivity contribution in [3.05, 3.63) is 42.5 Å². The zero-order valence-corrected chi connectivity index (χ0v) is 15.1. The Morgan fingerprint density at radius 1 is 1.20 bits per heavy atom. The molecule has 1 amide bonds. The van der Waals surface area contributed by atoms with Gasteiger partial charge in [-0.05, 0) is 36.8 Å². The highest BCUT2D eigenvalue weighted by molar-refractivity contribution is 5.84. The van der Waals surface area contributed by atoms with Crippen molar-refractivity contribution in [1.82, 2.24) is 10.2 Å². The van der Waals surface area contributed by atoms with Crippen molar-refractivity contribution in [3.8, 4) is 5.75 Å². The van der Waals surface area contributed by atoms with Crippen LogP contribution in [0.1, 0.15) is 13.8 Å². The van der Waals surface area contributed by atoms with Gasteiger partial charge in [-0.2, -0.15) is 0 Å². The molecule has 134 valence electrons. The minimum atomic E-state index is -0.120. The normalized spacial score (nSPS) is 21.0. The maximum absolute atomic E-state index is 12.3. The zero-order chi connectivity index (χ0) is 17.8. The van der Waals surface area contributed by atoms with Gasteiger partial charge in [0.05, 0.1) is 12.1 Å². The molecule has 2 aromatic carbocycles. The van der Waals surface area contributed by atoms with Crippen LogP contribution in [0.2, 0.25) is 0 Å². The van der Waals surface area contributed by atoms with Gasteiger partial charge in [-0.1, -0.05) is 30.3 Å². The molecule has 1 fully saturated rings. The van der Waals surface area contributed by atoms with Crippen LogP contribution in [0, 0.1) is 0 Å². The van der Waals surface area contributed by atoms with Gasteiger partial charge in [0, 0.05) is 26.2 Å². The van der Waals surface area contributed by atoms with Crippen LogP contribution in [-0.2, 0) is 9.53 Å². The SMILES string of the molecule is CO[C@@H]1CN(C(C)C)C[C@H]1NC(=O)COc1ccc2ccccc2c1. The van der Waals surface area contributed by atoms with E-state index in [1.807, 2.05) is 36.4 Å². The highest BCUT2D eigenvalue weighted by atomic mass is 16.5. The number of hydrogen-bond donors (Lipinski definition) is 1. The summed E-state index contributed by atoms with van der Waals surface area (Å²) in [6.07, 6.45) is 0.0204. The highest BCUT2D eigenvalue weighted by Crippen LogP contribution is 2.20. The molecule has 1 aliphatic rings. The number of rotatable bonds is 6. The fourth-order valence-electron chi connectivity index (χ4n) is 3.26. The Morgan fingerprint density at radius 2 is 1.96 bits per heavy atom. The van der Waals surface area contributed by atoms with Crippen molar-refractivity contribution in [2.24, 2.45) is 0 Å². The largest absolute Gasteiger partial charge is 0.484 e. The summed E-state index contributed by atoms with van der Waals surface area (Å²) in [5, 5.41) is 5.30. The number of carbonyl (C=O) groups excluding carboxylic acids is 1. The Kier molecular flexibility index (Phi) is 5.56. The number of carbonyl (C=O) groups is 1. The minimum Gasteiger partial charge on any atom is -0.484 e. The number of hydrogen-bond acceptors (Lipinski definition) is 4. The Balaban J connectivity index is 1.55. The fourth-order valence-corrected chi connectivity index (χ4v) is 3.26. The van der Waals surface area contributed by atoms with E-state index in [9.17, 15) is 4.79 Å².